The summed E-state index contributed by atoms with van der Waals surface area (Å²) in [5.74, 6) is 0.121. The van der Waals surface area contributed by atoms with Crippen LogP contribution in [0.25, 0.3) is 0 Å². The summed E-state index contributed by atoms with van der Waals surface area (Å²) >= 11 is 1.48. The summed E-state index contributed by atoms with van der Waals surface area (Å²) in [6.45, 7) is 0.295. The smallest absolute Gasteiger partial charge is 0.410 e. The SMILES string of the molecule is COc1cccc([C@@H]2C[C@@H](C(F)(F)F)n3ncc(C(=O)NCc4cccs4)c3N2)c1. The number of alkyl halides is 3. The van der Waals surface area contributed by atoms with Gasteiger partial charge in [-0.1, -0.05) is 18.2 Å². The largest absolute Gasteiger partial charge is 0.497 e. The maximum atomic E-state index is 13.8. The van der Waals surface area contributed by atoms with Gasteiger partial charge in [0.2, 0.25) is 0 Å². The number of methoxy groups -OCH3 is 1. The number of nitrogens with one attached hydrogen (secondary N) is 2. The van der Waals surface area contributed by atoms with Crippen molar-refractivity contribution in [2.75, 3.05) is 12.4 Å². The molecule has 2 atom stereocenters. The minimum Gasteiger partial charge on any atom is -0.497 e. The van der Waals surface area contributed by atoms with Crippen molar-refractivity contribution in [3.05, 3.63) is 64.0 Å². The number of fused-ring (bicyclic) bond motifs is 1. The van der Waals surface area contributed by atoms with Crippen molar-refractivity contribution in [1.29, 1.82) is 0 Å². The molecule has 4 rings (SSSR count). The molecule has 158 valence electrons. The molecular weight excluding hydrogens is 417 g/mol. The zero-order valence-corrected chi connectivity index (χ0v) is 16.8. The number of thiophene rings is 1. The second-order valence-electron chi connectivity index (χ2n) is 6.88. The molecule has 0 saturated heterocycles. The summed E-state index contributed by atoms with van der Waals surface area (Å²) in [7, 11) is 1.50. The van der Waals surface area contributed by atoms with Crippen LogP contribution in [0.4, 0.5) is 19.0 Å². The molecule has 10 heteroatoms. The zero-order valence-electron chi connectivity index (χ0n) is 15.9. The Labute approximate surface area is 174 Å². The van der Waals surface area contributed by atoms with Crippen LogP contribution in [0.3, 0.4) is 0 Å². The average molecular weight is 436 g/mol. The zero-order chi connectivity index (χ0) is 21.3. The minimum atomic E-state index is -4.51. The Morgan fingerprint density at radius 2 is 2.20 bits per heavy atom. The molecule has 0 unspecified atom stereocenters. The summed E-state index contributed by atoms with van der Waals surface area (Å²) in [5.41, 5.74) is 0.717. The highest BCUT2D eigenvalue weighted by Crippen LogP contribution is 2.44. The fourth-order valence-electron chi connectivity index (χ4n) is 3.48. The molecule has 3 heterocycles. The number of aromatic nitrogens is 2. The van der Waals surface area contributed by atoms with Gasteiger partial charge in [-0.25, -0.2) is 4.68 Å². The van der Waals surface area contributed by atoms with Crippen molar-refractivity contribution in [3.8, 4) is 5.75 Å². The number of halogens is 3. The molecule has 2 aromatic heterocycles. The fourth-order valence-corrected chi connectivity index (χ4v) is 4.13. The number of ether oxygens (including phenoxy) is 1. The number of benzene rings is 1. The summed E-state index contributed by atoms with van der Waals surface area (Å²) < 4.78 is 47.4. The quantitative estimate of drug-likeness (QED) is 0.616. The van der Waals surface area contributed by atoms with Crippen LogP contribution in [-0.2, 0) is 6.54 Å². The van der Waals surface area contributed by atoms with Crippen molar-refractivity contribution < 1.29 is 22.7 Å². The monoisotopic (exact) mass is 436 g/mol. The highest BCUT2D eigenvalue weighted by molar-refractivity contribution is 7.09. The number of nitrogens with zero attached hydrogens (tertiary/aromatic N) is 2. The van der Waals surface area contributed by atoms with Gasteiger partial charge in [0.25, 0.3) is 5.91 Å². The van der Waals surface area contributed by atoms with Gasteiger partial charge in [-0.3, -0.25) is 4.79 Å². The third-order valence-corrected chi connectivity index (χ3v) is 5.86. The van der Waals surface area contributed by atoms with Gasteiger partial charge in [0.15, 0.2) is 6.04 Å². The summed E-state index contributed by atoms with van der Waals surface area (Å²) in [6.07, 6.45) is -3.58. The van der Waals surface area contributed by atoms with E-state index in [2.05, 4.69) is 15.7 Å². The molecule has 0 saturated carbocycles. The van der Waals surface area contributed by atoms with E-state index in [4.69, 9.17) is 4.74 Å². The predicted octanol–water partition coefficient (Wildman–Crippen LogP) is 4.54. The van der Waals surface area contributed by atoms with Crippen molar-refractivity contribution in [2.24, 2.45) is 0 Å². The van der Waals surface area contributed by atoms with Crippen molar-refractivity contribution in [2.45, 2.75) is 31.2 Å². The Hall–Kier alpha value is -3.01. The Bertz CT molecular complexity index is 1030. The highest BCUT2D eigenvalue weighted by Gasteiger charge is 2.47. The number of carbonyl (C=O) groups is 1. The molecule has 3 aromatic rings. The molecular formula is C20H19F3N4O2S. The standard InChI is InChI=1S/C20H19F3N4O2S/c1-29-13-5-2-4-12(8-13)16-9-17(20(21,22)23)27-18(26-16)15(11-25-27)19(28)24-10-14-6-3-7-30-14/h2-8,11,16-17,26H,9-10H2,1H3,(H,24,28)/t16-,17-/m0/s1. The normalized spacial score (nSPS) is 18.4. The second-order valence-corrected chi connectivity index (χ2v) is 7.91. The Balaban J connectivity index is 1.65. The number of rotatable bonds is 5. The lowest BCUT2D eigenvalue weighted by atomic mass is 9.96. The lowest BCUT2D eigenvalue weighted by Crippen LogP contribution is -2.36. The molecule has 0 aliphatic carbocycles. The van der Waals surface area contributed by atoms with Gasteiger partial charge < -0.3 is 15.4 Å². The van der Waals surface area contributed by atoms with E-state index in [0.29, 0.717) is 17.9 Å². The minimum absolute atomic E-state index is 0.0556. The third-order valence-electron chi connectivity index (χ3n) is 4.98. The van der Waals surface area contributed by atoms with Crippen LogP contribution >= 0.6 is 11.3 Å². The van der Waals surface area contributed by atoms with E-state index < -0.39 is 24.2 Å². The second kappa shape index (κ2) is 8.02. The Morgan fingerprint density at radius 3 is 2.90 bits per heavy atom. The average Bonchev–Trinajstić information content (AvgIpc) is 3.40. The van der Waals surface area contributed by atoms with Crippen LogP contribution < -0.4 is 15.4 Å². The molecule has 1 aromatic carbocycles. The van der Waals surface area contributed by atoms with Crippen molar-refractivity contribution in [3.63, 3.8) is 0 Å². The van der Waals surface area contributed by atoms with E-state index in [0.717, 1.165) is 9.56 Å². The molecule has 2 N–H and O–H groups in total. The van der Waals surface area contributed by atoms with Crippen LogP contribution in [0.5, 0.6) is 5.75 Å². The molecule has 1 aliphatic heterocycles. The van der Waals surface area contributed by atoms with Crippen LogP contribution in [0.15, 0.2) is 48.0 Å². The predicted molar refractivity (Wildman–Crippen MR) is 107 cm³/mol. The number of amides is 1. The van der Waals surface area contributed by atoms with E-state index in [1.807, 2.05) is 17.5 Å². The number of hydrogen-bond donors (Lipinski definition) is 2. The first kappa shape index (κ1) is 20.3. The van der Waals surface area contributed by atoms with E-state index >= 15 is 0 Å². The lowest BCUT2D eigenvalue weighted by Gasteiger charge is -2.34. The van der Waals surface area contributed by atoms with Crippen LogP contribution in [0.1, 0.15) is 39.3 Å². The van der Waals surface area contributed by atoms with Gasteiger partial charge in [-0.05, 0) is 29.1 Å². The fraction of sp³-hybridized carbons (Fsp3) is 0.300. The van der Waals surface area contributed by atoms with E-state index in [-0.39, 0.29) is 17.8 Å². The molecule has 0 fully saturated rings. The Kier molecular flexibility index (Phi) is 5.42. The van der Waals surface area contributed by atoms with E-state index in [9.17, 15) is 18.0 Å². The summed E-state index contributed by atoms with van der Waals surface area (Å²) in [6, 6.07) is 8.10. The first-order valence-electron chi connectivity index (χ1n) is 9.22. The van der Waals surface area contributed by atoms with E-state index in [1.165, 1.54) is 24.6 Å². The summed E-state index contributed by atoms with van der Waals surface area (Å²) in [5, 5.41) is 11.6. The third kappa shape index (κ3) is 4.00. The van der Waals surface area contributed by atoms with Gasteiger partial charge in [0, 0.05) is 11.3 Å². The van der Waals surface area contributed by atoms with Crippen LogP contribution in [-0.4, -0.2) is 29.0 Å². The van der Waals surface area contributed by atoms with Gasteiger partial charge in [0.05, 0.1) is 25.9 Å². The van der Waals surface area contributed by atoms with Gasteiger partial charge in [-0.15, -0.1) is 11.3 Å². The topological polar surface area (TPSA) is 68.2 Å². The van der Waals surface area contributed by atoms with Crippen LogP contribution in [0.2, 0.25) is 0 Å². The molecule has 0 radical (unpaired) electrons. The molecule has 1 aliphatic rings. The molecule has 30 heavy (non-hydrogen) atoms. The van der Waals surface area contributed by atoms with E-state index in [1.54, 1.807) is 24.3 Å². The summed E-state index contributed by atoms with van der Waals surface area (Å²) in [4.78, 5) is 13.6. The number of carbonyl (C=O) groups excluding carboxylic acids is 1. The number of anilines is 1. The first-order valence-corrected chi connectivity index (χ1v) is 10.1. The Morgan fingerprint density at radius 1 is 1.37 bits per heavy atom. The van der Waals surface area contributed by atoms with Gasteiger partial charge in [-0.2, -0.15) is 18.3 Å². The molecule has 1 amide bonds. The van der Waals surface area contributed by atoms with Crippen molar-refractivity contribution >= 4 is 23.1 Å². The molecule has 6 nitrogen and oxygen atoms in total. The maximum Gasteiger partial charge on any atom is 0.410 e. The van der Waals surface area contributed by atoms with Gasteiger partial charge in [0.1, 0.15) is 17.1 Å². The molecule has 0 bridgehead atoms. The lowest BCUT2D eigenvalue weighted by molar-refractivity contribution is -0.173. The number of hydrogen-bond acceptors (Lipinski definition) is 5. The first-order chi connectivity index (χ1) is 14.4. The molecule has 0 spiro atoms. The van der Waals surface area contributed by atoms with Crippen LogP contribution in [0, 0.1) is 0 Å². The van der Waals surface area contributed by atoms with Gasteiger partial charge >= 0.3 is 6.18 Å². The maximum absolute atomic E-state index is 13.8. The highest BCUT2D eigenvalue weighted by atomic mass is 32.1. The van der Waals surface area contributed by atoms with Crippen molar-refractivity contribution in [1.82, 2.24) is 15.1 Å².